The summed E-state index contributed by atoms with van der Waals surface area (Å²) < 4.78 is 0. The van der Waals surface area contributed by atoms with Crippen LogP contribution < -0.4 is 16.4 Å². The van der Waals surface area contributed by atoms with Crippen LogP contribution >= 0.6 is 0 Å². The van der Waals surface area contributed by atoms with Gasteiger partial charge in [-0.25, -0.2) is 0 Å². The summed E-state index contributed by atoms with van der Waals surface area (Å²) in [6.45, 7) is 1.80. The molecule has 0 aromatic heterocycles. The van der Waals surface area contributed by atoms with Crippen molar-refractivity contribution in [1.29, 1.82) is 0 Å². The highest BCUT2D eigenvalue weighted by atomic mass is 16.2. The van der Waals surface area contributed by atoms with Crippen molar-refractivity contribution in [2.45, 2.75) is 44.7 Å². The van der Waals surface area contributed by atoms with Gasteiger partial charge in [-0.05, 0) is 19.8 Å². The van der Waals surface area contributed by atoms with Crippen LogP contribution in [-0.2, 0) is 9.59 Å². The molecule has 0 aromatic rings. The Morgan fingerprint density at radius 1 is 1.40 bits per heavy atom. The van der Waals surface area contributed by atoms with Gasteiger partial charge in [-0.2, -0.15) is 0 Å². The minimum absolute atomic E-state index is 0.0602. The lowest BCUT2D eigenvalue weighted by Gasteiger charge is -2.13. The molecule has 0 aliphatic heterocycles. The Bertz CT molecular complexity index is 237. The van der Waals surface area contributed by atoms with Crippen molar-refractivity contribution >= 4 is 11.8 Å². The fourth-order valence-electron chi connectivity index (χ4n) is 1.70. The predicted octanol–water partition coefficient (Wildman–Crippen LogP) is -0.491. The fraction of sp³-hybridized carbons (Fsp3) is 0.800. The zero-order valence-corrected chi connectivity index (χ0v) is 9.08. The minimum Gasteiger partial charge on any atom is -0.368 e. The van der Waals surface area contributed by atoms with Gasteiger partial charge in [0.2, 0.25) is 11.8 Å². The highest BCUT2D eigenvalue weighted by Crippen LogP contribution is 2.17. The van der Waals surface area contributed by atoms with E-state index in [1.807, 2.05) is 0 Å². The summed E-state index contributed by atoms with van der Waals surface area (Å²) in [6.07, 6.45) is 4.51. The summed E-state index contributed by atoms with van der Waals surface area (Å²) in [7, 11) is 0. The van der Waals surface area contributed by atoms with E-state index in [1.165, 1.54) is 12.8 Å². The van der Waals surface area contributed by atoms with E-state index in [2.05, 4.69) is 10.6 Å². The molecule has 1 saturated carbocycles. The summed E-state index contributed by atoms with van der Waals surface area (Å²) in [5.41, 5.74) is 5.05. The third kappa shape index (κ3) is 4.29. The van der Waals surface area contributed by atoms with E-state index < -0.39 is 11.9 Å². The van der Waals surface area contributed by atoms with Gasteiger partial charge in [0.25, 0.3) is 0 Å². The molecule has 0 aromatic carbocycles. The van der Waals surface area contributed by atoms with E-state index >= 15 is 0 Å². The third-order valence-corrected chi connectivity index (χ3v) is 2.72. The van der Waals surface area contributed by atoms with Crippen molar-refractivity contribution < 1.29 is 9.59 Å². The fourth-order valence-corrected chi connectivity index (χ4v) is 1.70. The molecule has 1 fully saturated rings. The Hall–Kier alpha value is -1.10. The summed E-state index contributed by atoms with van der Waals surface area (Å²) in [4.78, 5) is 22.1. The van der Waals surface area contributed by atoms with Crippen LogP contribution in [0.15, 0.2) is 0 Å². The largest absolute Gasteiger partial charge is 0.368 e. The van der Waals surface area contributed by atoms with Crippen molar-refractivity contribution in [2.75, 3.05) is 6.54 Å². The number of carbonyl (C=O) groups excluding carboxylic acids is 2. The van der Waals surface area contributed by atoms with Crippen LogP contribution in [0.25, 0.3) is 0 Å². The number of primary amides is 1. The van der Waals surface area contributed by atoms with Crippen molar-refractivity contribution in [3.05, 3.63) is 0 Å². The molecule has 5 heteroatoms. The first kappa shape index (κ1) is 12.0. The first-order valence-corrected chi connectivity index (χ1v) is 5.41. The van der Waals surface area contributed by atoms with E-state index in [0.29, 0.717) is 6.04 Å². The lowest BCUT2D eigenvalue weighted by molar-refractivity contribution is -0.122. The van der Waals surface area contributed by atoms with Gasteiger partial charge in [0.15, 0.2) is 0 Å². The maximum atomic E-state index is 11.4. The molecule has 0 spiro atoms. The average molecular weight is 213 g/mol. The zero-order valence-electron chi connectivity index (χ0n) is 9.08. The van der Waals surface area contributed by atoms with Gasteiger partial charge in [0, 0.05) is 6.04 Å². The molecular formula is C10H19N3O2. The average Bonchev–Trinajstić information content (AvgIpc) is 2.66. The summed E-state index contributed by atoms with van der Waals surface area (Å²) in [6, 6.07) is -0.137. The maximum Gasteiger partial charge on any atom is 0.234 e. The number of hydrogen-bond donors (Lipinski definition) is 3. The van der Waals surface area contributed by atoms with E-state index in [1.54, 1.807) is 6.92 Å². The smallest absolute Gasteiger partial charge is 0.234 e. The SMILES string of the molecule is CC(NCC(=O)NC1CCCC1)C(N)=O. The summed E-state index contributed by atoms with van der Waals surface area (Å²) in [5, 5.41) is 5.69. The molecule has 4 N–H and O–H groups in total. The molecule has 1 rings (SSSR count). The Labute approximate surface area is 89.8 Å². The van der Waals surface area contributed by atoms with E-state index in [9.17, 15) is 9.59 Å². The van der Waals surface area contributed by atoms with Crippen LogP contribution in [0.1, 0.15) is 32.6 Å². The molecule has 0 heterocycles. The molecule has 1 unspecified atom stereocenters. The second-order valence-corrected chi connectivity index (χ2v) is 4.05. The van der Waals surface area contributed by atoms with Gasteiger partial charge in [-0.1, -0.05) is 12.8 Å². The van der Waals surface area contributed by atoms with Crippen LogP contribution in [-0.4, -0.2) is 30.4 Å². The number of hydrogen-bond acceptors (Lipinski definition) is 3. The first-order valence-electron chi connectivity index (χ1n) is 5.41. The highest BCUT2D eigenvalue weighted by Gasteiger charge is 2.17. The molecular weight excluding hydrogens is 194 g/mol. The van der Waals surface area contributed by atoms with Crippen LogP contribution in [0.5, 0.6) is 0 Å². The normalized spacial score (nSPS) is 18.7. The maximum absolute atomic E-state index is 11.4. The van der Waals surface area contributed by atoms with Gasteiger partial charge in [0.05, 0.1) is 12.6 Å². The zero-order chi connectivity index (χ0) is 11.3. The van der Waals surface area contributed by atoms with Gasteiger partial charge >= 0.3 is 0 Å². The Kier molecular flexibility index (Phi) is 4.55. The highest BCUT2D eigenvalue weighted by molar-refractivity contribution is 5.82. The molecule has 0 saturated heterocycles. The quantitative estimate of drug-likeness (QED) is 0.576. The molecule has 86 valence electrons. The molecule has 5 nitrogen and oxygen atoms in total. The monoisotopic (exact) mass is 213 g/mol. The molecule has 2 amide bonds. The molecule has 0 bridgehead atoms. The summed E-state index contributed by atoms with van der Waals surface area (Å²) >= 11 is 0. The van der Waals surface area contributed by atoms with Crippen molar-refractivity contribution in [3.8, 4) is 0 Å². The van der Waals surface area contributed by atoms with Gasteiger partial charge in [0.1, 0.15) is 0 Å². The minimum atomic E-state index is -0.459. The van der Waals surface area contributed by atoms with Gasteiger partial charge in [-0.15, -0.1) is 0 Å². The second-order valence-electron chi connectivity index (χ2n) is 4.05. The summed E-state index contributed by atoms with van der Waals surface area (Å²) in [5.74, 6) is -0.501. The van der Waals surface area contributed by atoms with Gasteiger partial charge in [-0.3, -0.25) is 14.9 Å². The predicted molar refractivity (Wildman–Crippen MR) is 57.1 cm³/mol. The molecule has 1 atom stereocenters. The lowest BCUT2D eigenvalue weighted by Crippen LogP contribution is -2.45. The number of carbonyl (C=O) groups is 2. The van der Waals surface area contributed by atoms with E-state index in [0.717, 1.165) is 12.8 Å². The topological polar surface area (TPSA) is 84.2 Å². The number of amides is 2. The lowest BCUT2D eigenvalue weighted by atomic mass is 10.2. The third-order valence-electron chi connectivity index (χ3n) is 2.72. The van der Waals surface area contributed by atoms with Crippen LogP contribution in [0.4, 0.5) is 0 Å². The van der Waals surface area contributed by atoms with Crippen LogP contribution in [0, 0.1) is 0 Å². The Morgan fingerprint density at radius 3 is 2.53 bits per heavy atom. The number of nitrogens with one attached hydrogen (secondary N) is 2. The molecule has 15 heavy (non-hydrogen) atoms. The van der Waals surface area contributed by atoms with Crippen molar-refractivity contribution in [1.82, 2.24) is 10.6 Å². The van der Waals surface area contributed by atoms with E-state index in [4.69, 9.17) is 5.73 Å². The second kappa shape index (κ2) is 5.70. The van der Waals surface area contributed by atoms with Crippen molar-refractivity contribution in [2.24, 2.45) is 5.73 Å². The number of rotatable bonds is 5. The Morgan fingerprint density at radius 2 is 2.00 bits per heavy atom. The molecule has 1 aliphatic carbocycles. The molecule has 0 radical (unpaired) electrons. The molecule has 1 aliphatic rings. The number of nitrogens with two attached hydrogens (primary N) is 1. The van der Waals surface area contributed by atoms with Gasteiger partial charge < -0.3 is 11.1 Å². The Balaban J connectivity index is 2.15. The van der Waals surface area contributed by atoms with E-state index in [-0.39, 0.29) is 12.5 Å². The van der Waals surface area contributed by atoms with Crippen LogP contribution in [0.3, 0.4) is 0 Å². The van der Waals surface area contributed by atoms with Crippen LogP contribution in [0.2, 0.25) is 0 Å². The standard InChI is InChI=1S/C10H19N3O2/c1-7(10(11)15)12-6-9(14)13-8-4-2-3-5-8/h7-8,12H,2-6H2,1H3,(H2,11,15)(H,13,14). The van der Waals surface area contributed by atoms with Crippen molar-refractivity contribution in [3.63, 3.8) is 0 Å². The first-order chi connectivity index (χ1) is 7.09.